The number of aryl methyl sites for hydroxylation is 3. The number of hydrogen-bond donors (Lipinski definition) is 1. The van der Waals surface area contributed by atoms with Gasteiger partial charge in [0.05, 0.1) is 4.92 Å². The van der Waals surface area contributed by atoms with Crippen molar-refractivity contribution >= 4 is 16.5 Å². The van der Waals surface area contributed by atoms with Gasteiger partial charge in [0.25, 0.3) is 5.69 Å². The maximum Gasteiger partial charge on any atom is 0.272 e. The van der Waals surface area contributed by atoms with Crippen LogP contribution in [0.4, 0.5) is 5.69 Å². The maximum absolute atomic E-state index is 11.2. The van der Waals surface area contributed by atoms with Gasteiger partial charge in [0.1, 0.15) is 6.10 Å². The van der Waals surface area contributed by atoms with Crippen molar-refractivity contribution in [2.45, 2.75) is 25.9 Å². The van der Waals surface area contributed by atoms with Crippen molar-refractivity contribution in [1.29, 1.82) is 0 Å². The van der Waals surface area contributed by atoms with Crippen molar-refractivity contribution in [1.82, 2.24) is 0 Å². The summed E-state index contributed by atoms with van der Waals surface area (Å²) < 4.78 is 0. The lowest BCUT2D eigenvalue weighted by atomic mass is 9.93. The summed E-state index contributed by atoms with van der Waals surface area (Å²) >= 11 is 0. The quantitative estimate of drug-likeness (QED) is 0.580. The van der Waals surface area contributed by atoms with Crippen LogP contribution in [0.3, 0.4) is 0 Å². The summed E-state index contributed by atoms with van der Waals surface area (Å²) in [6, 6.07) is 15.1. The largest absolute Gasteiger partial charge is 0.384 e. The third kappa shape index (κ3) is 2.19. The van der Waals surface area contributed by atoms with E-state index in [9.17, 15) is 15.2 Å². The van der Waals surface area contributed by atoms with E-state index in [4.69, 9.17) is 0 Å². The third-order valence-electron chi connectivity index (χ3n) is 4.95. The van der Waals surface area contributed by atoms with Gasteiger partial charge in [0.2, 0.25) is 0 Å². The van der Waals surface area contributed by atoms with Gasteiger partial charge >= 0.3 is 0 Å². The molecule has 4 nitrogen and oxygen atoms in total. The Bertz CT molecular complexity index is 968. The van der Waals surface area contributed by atoms with E-state index in [2.05, 4.69) is 12.1 Å². The summed E-state index contributed by atoms with van der Waals surface area (Å²) in [6.07, 6.45) is 1.18. The Morgan fingerprint density at radius 1 is 1.08 bits per heavy atom. The SMILES string of the molecule is Cc1ccc(C(O)c2ccc3c4c(cccc24)CC3)cc1[N+](=O)[O-]. The van der Waals surface area contributed by atoms with Crippen LogP contribution in [0, 0.1) is 17.0 Å². The molecule has 1 unspecified atom stereocenters. The number of hydrogen-bond acceptors (Lipinski definition) is 3. The fourth-order valence-electron chi connectivity index (χ4n) is 3.68. The van der Waals surface area contributed by atoms with Gasteiger partial charge in [-0.15, -0.1) is 0 Å². The van der Waals surface area contributed by atoms with Crippen molar-refractivity contribution in [3.63, 3.8) is 0 Å². The summed E-state index contributed by atoms with van der Waals surface area (Å²) in [4.78, 5) is 10.8. The second-order valence-electron chi connectivity index (χ2n) is 6.36. The molecule has 0 spiro atoms. The number of aliphatic hydroxyl groups is 1. The van der Waals surface area contributed by atoms with Crippen molar-refractivity contribution in [2.75, 3.05) is 0 Å². The standard InChI is InChI=1S/C20H17NO3/c1-12-5-6-15(11-18(12)21(23)24)20(22)17-10-9-14-8-7-13-3-2-4-16(17)19(13)14/h2-6,9-11,20,22H,7-8H2,1H3. The minimum atomic E-state index is -0.880. The van der Waals surface area contributed by atoms with Crippen LogP contribution in [-0.4, -0.2) is 10.0 Å². The van der Waals surface area contributed by atoms with Crippen LogP contribution in [0.15, 0.2) is 48.5 Å². The van der Waals surface area contributed by atoms with E-state index in [0.717, 1.165) is 23.8 Å². The molecule has 1 N–H and O–H groups in total. The van der Waals surface area contributed by atoms with Crippen LogP contribution < -0.4 is 0 Å². The molecule has 1 atom stereocenters. The molecule has 0 saturated carbocycles. The van der Waals surface area contributed by atoms with Gasteiger partial charge in [0, 0.05) is 11.6 Å². The highest BCUT2D eigenvalue weighted by Gasteiger charge is 2.21. The number of nitrogens with zero attached hydrogens (tertiary/aromatic N) is 1. The summed E-state index contributed by atoms with van der Waals surface area (Å²) in [5.74, 6) is 0. The normalized spacial score (nSPS) is 14.1. The zero-order valence-corrected chi connectivity index (χ0v) is 13.3. The minimum Gasteiger partial charge on any atom is -0.384 e. The van der Waals surface area contributed by atoms with Crippen molar-refractivity contribution in [3.8, 4) is 0 Å². The van der Waals surface area contributed by atoms with Crippen molar-refractivity contribution in [3.05, 3.63) is 86.5 Å². The average molecular weight is 319 g/mol. The first-order valence-electron chi connectivity index (χ1n) is 8.02. The molecule has 4 heteroatoms. The van der Waals surface area contributed by atoms with E-state index in [1.807, 2.05) is 18.2 Å². The maximum atomic E-state index is 11.2. The Balaban J connectivity index is 1.87. The van der Waals surface area contributed by atoms with Crippen LogP contribution in [0.5, 0.6) is 0 Å². The Morgan fingerprint density at radius 3 is 2.58 bits per heavy atom. The molecule has 0 radical (unpaired) electrons. The fraction of sp³-hybridized carbons (Fsp3) is 0.200. The first-order valence-corrected chi connectivity index (χ1v) is 8.02. The molecule has 0 aliphatic heterocycles. The van der Waals surface area contributed by atoms with Crippen LogP contribution >= 0.6 is 0 Å². The lowest BCUT2D eigenvalue weighted by Crippen LogP contribution is -2.03. The number of rotatable bonds is 3. The molecule has 0 bridgehead atoms. The lowest BCUT2D eigenvalue weighted by Gasteiger charge is -2.16. The molecule has 0 amide bonds. The summed E-state index contributed by atoms with van der Waals surface area (Å²) in [5, 5.41) is 24.3. The molecule has 0 heterocycles. The molecular weight excluding hydrogens is 302 g/mol. The predicted molar refractivity (Wildman–Crippen MR) is 93.3 cm³/mol. The van der Waals surface area contributed by atoms with Gasteiger partial charge in [-0.3, -0.25) is 10.1 Å². The monoisotopic (exact) mass is 319 g/mol. The molecule has 0 saturated heterocycles. The van der Waals surface area contributed by atoms with Crippen LogP contribution in [0.2, 0.25) is 0 Å². The van der Waals surface area contributed by atoms with E-state index in [0.29, 0.717) is 11.1 Å². The van der Waals surface area contributed by atoms with Crippen LogP contribution in [-0.2, 0) is 12.8 Å². The minimum absolute atomic E-state index is 0.0393. The second kappa shape index (κ2) is 5.42. The van der Waals surface area contributed by atoms with E-state index in [1.54, 1.807) is 19.1 Å². The number of benzene rings is 3. The Morgan fingerprint density at radius 2 is 1.83 bits per heavy atom. The van der Waals surface area contributed by atoms with Gasteiger partial charge in [-0.1, -0.05) is 42.5 Å². The Hall–Kier alpha value is -2.72. The van der Waals surface area contributed by atoms with Gasteiger partial charge < -0.3 is 5.11 Å². The molecule has 4 rings (SSSR count). The van der Waals surface area contributed by atoms with E-state index >= 15 is 0 Å². The summed E-state index contributed by atoms with van der Waals surface area (Å²) in [6.45, 7) is 1.70. The zero-order valence-electron chi connectivity index (χ0n) is 13.3. The topological polar surface area (TPSA) is 63.4 Å². The number of nitro benzene ring substituents is 1. The van der Waals surface area contributed by atoms with Crippen molar-refractivity contribution < 1.29 is 10.0 Å². The highest BCUT2D eigenvalue weighted by molar-refractivity contribution is 5.93. The van der Waals surface area contributed by atoms with E-state index in [-0.39, 0.29) is 5.69 Å². The molecule has 3 aromatic rings. The number of nitro groups is 1. The molecule has 3 aromatic carbocycles. The molecule has 24 heavy (non-hydrogen) atoms. The highest BCUT2D eigenvalue weighted by atomic mass is 16.6. The van der Waals surface area contributed by atoms with Gasteiger partial charge in [-0.25, -0.2) is 0 Å². The van der Waals surface area contributed by atoms with Crippen LogP contribution in [0.1, 0.15) is 33.9 Å². The molecular formula is C20H17NO3. The second-order valence-corrected chi connectivity index (χ2v) is 6.36. The van der Waals surface area contributed by atoms with Gasteiger partial charge in [-0.05, 0) is 52.8 Å². The molecule has 1 aliphatic rings. The van der Waals surface area contributed by atoms with Crippen LogP contribution in [0.25, 0.3) is 10.8 Å². The Labute approximate surface area is 139 Å². The Kier molecular flexibility index (Phi) is 3.36. The average Bonchev–Trinajstić information content (AvgIpc) is 3.00. The zero-order chi connectivity index (χ0) is 16.8. The fourth-order valence-corrected chi connectivity index (χ4v) is 3.68. The van der Waals surface area contributed by atoms with Crippen molar-refractivity contribution in [2.24, 2.45) is 0 Å². The first-order chi connectivity index (χ1) is 11.6. The lowest BCUT2D eigenvalue weighted by molar-refractivity contribution is -0.385. The molecule has 0 aromatic heterocycles. The predicted octanol–water partition coefficient (Wildman–Crippen LogP) is 4.24. The van der Waals surface area contributed by atoms with E-state index in [1.165, 1.54) is 22.6 Å². The van der Waals surface area contributed by atoms with Gasteiger partial charge in [-0.2, -0.15) is 0 Å². The number of aliphatic hydroxyl groups excluding tert-OH is 1. The van der Waals surface area contributed by atoms with Gasteiger partial charge in [0.15, 0.2) is 0 Å². The molecule has 0 fully saturated rings. The van der Waals surface area contributed by atoms with E-state index < -0.39 is 11.0 Å². The molecule has 120 valence electrons. The smallest absolute Gasteiger partial charge is 0.272 e. The first kappa shape index (κ1) is 14.8. The molecule has 1 aliphatic carbocycles. The third-order valence-corrected chi connectivity index (χ3v) is 4.95. The summed E-state index contributed by atoms with van der Waals surface area (Å²) in [7, 11) is 0. The summed E-state index contributed by atoms with van der Waals surface area (Å²) in [5.41, 5.74) is 4.60. The highest BCUT2D eigenvalue weighted by Crippen LogP contribution is 2.37.